The molecule has 0 aromatic heterocycles. The van der Waals surface area contributed by atoms with E-state index in [9.17, 15) is 18.0 Å². The molecule has 0 saturated carbocycles. The molecule has 0 bridgehead atoms. The number of benzene rings is 1. The maximum atomic E-state index is 12.6. The van der Waals surface area contributed by atoms with E-state index < -0.39 is 24.3 Å². The van der Waals surface area contributed by atoms with Crippen LogP contribution in [0.2, 0.25) is 0 Å². The highest BCUT2D eigenvalue weighted by Gasteiger charge is 2.36. The monoisotopic (exact) mass is 317 g/mol. The van der Waals surface area contributed by atoms with Gasteiger partial charge in [-0.15, -0.1) is 13.2 Å². The number of hydrogen-bond acceptors (Lipinski definition) is 2. The highest BCUT2D eigenvalue weighted by Crippen LogP contribution is 2.36. The zero-order valence-electron chi connectivity index (χ0n) is 13.0. The highest BCUT2D eigenvalue weighted by atomic mass is 19.4. The molecule has 1 aromatic carbocycles. The summed E-state index contributed by atoms with van der Waals surface area (Å²) in [5, 5.41) is 0. The lowest BCUT2D eigenvalue weighted by molar-refractivity contribution is -0.346. The van der Waals surface area contributed by atoms with Gasteiger partial charge in [0.25, 0.3) is 0 Å². The van der Waals surface area contributed by atoms with E-state index >= 15 is 0 Å². The second kappa shape index (κ2) is 7.13. The number of halogens is 3. The Balaban J connectivity index is 2.98. The number of alkyl halides is 3. The molecule has 0 aliphatic carbocycles. The Bertz CT molecular complexity index is 480. The van der Waals surface area contributed by atoms with Crippen LogP contribution in [-0.2, 0) is 9.53 Å². The van der Waals surface area contributed by atoms with Crippen LogP contribution in [-0.4, -0.2) is 12.3 Å². The molecule has 1 amide bonds. The summed E-state index contributed by atoms with van der Waals surface area (Å²) < 4.78 is 42.1. The topological polar surface area (TPSA) is 52.3 Å². The predicted molar refractivity (Wildman–Crippen MR) is 77.7 cm³/mol. The summed E-state index contributed by atoms with van der Waals surface area (Å²) in [4.78, 5) is 11.6. The van der Waals surface area contributed by atoms with Crippen LogP contribution in [0.3, 0.4) is 0 Å². The number of nitrogens with two attached hydrogens (primary N) is 1. The third-order valence-electron chi connectivity index (χ3n) is 3.21. The minimum atomic E-state index is -4.77. The summed E-state index contributed by atoms with van der Waals surface area (Å²) in [6.07, 6.45) is -5.73. The molecular weight excluding hydrogens is 295 g/mol. The van der Waals surface area contributed by atoms with Crippen LogP contribution in [0.4, 0.5) is 13.2 Å². The van der Waals surface area contributed by atoms with Crippen LogP contribution < -0.4 is 5.73 Å². The van der Waals surface area contributed by atoms with Crippen molar-refractivity contribution in [2.24, 2.45) is 17.1 Å². The normalized spacial score (nSPS) is 15.4. The molecule has 1 aromatic rings. The van der Waals surface area contributed by atoms with Gasteiger partial charge in [-0.2, -0.15) is 0 Å². The van der Waals surface area contributed by atoms with E-state index in [4.69, 9.17) is 5.73 Å². The third kappa shape index (κ3) is 6.93. The lowest BCUT2D eigenvalue weighted by atomic mass is 9.81. The molecule has 124 valence electrons. The Morgan fingerprint density at radius 3 is 2.14 bits per heavy atom. The van der Waals surface area contributed by atoms with Crippen LogP contribution in [0.15, 0.2) is 30.3 Å². The van der Waals surface area contributed by atoms with Gasteiger partial charge in [0.05, 0.1) is 6.10 Å². The lowest BCUT2D eigenvalue weighted by Gasteiger charge is -2.28. The molecule has 6 heteroatoms. The van der Waals surface area contributed by atoms with E-state index in [0.717, 1.165) is 0 Å². The summed E-state index contributed by atoms with van der Waals surface area (Å²) in [6, 6.07) is 8.06. The van der Waals surface area contributed by atoms with Gasteiger partial charge in [-0.1, -0.05) is 51.1 Å². The van der Waals surface area contributed by atoms with Gasteiger partial charge in [-0.05, 0) is 23.8 Å². The smallest absolute Gasteiger partial charge is 0.369 e. The van der Waals surface area contributed by atoms with E-state index in [-0.39, 0.29) is 11.8 Å². The van der Waals surface area contributed by atoms with Crippen molar-refractivity contribution in [2.45, 2.75) is 46.1 Å². The van der Waals surface area contributed by atoms with E-state index in [1.807, 2.05) is 20.8 Å². The van der Waals surface area contributed by atoms with Crippen molar-refractivity contribution in [3.05, 3.63) is 35.9 Å². The second-order valence-corrected chi connectivity index (χ2v) is 6.56. The number of amides is 1. The zero-order valence-corrected chi connectivity index (χ0v) is 13.0. The Kier molecular flexibility index (Phi) is 6.00. The summed E-state index contributed by atoms with van der Waals surface area (Å²) in [7, 11) is 0. The van der Waals surface area contributed by atoms with Gasteiger partial charge < -0.3 is 5.73 Å². The quantitative estimate of drug-likeness (QED) is 0.855. The number of rotatable bonds is 6. The van der Waals surface area contributed by atoms with E-state index in [2.05, 4.69) is 4.74 Å². The highest BCUT2D eigenvalue weighted by molar-refractivity contribution is 5.76. The number of carbonyl (C=O) groups is 1. The number of hydrogen-bond donors (Lipinski definition) is 1. The molecule has 0 saturated heterocycles. The van der Waals surface area contributed by atoms with Crippen molar-refractivity contribution in [1.82, 2.24) is 0 Å². The largest absolute Gasteiger partial charge is 0.523 e. The second-order valence-electron chi connectivity index (χ2n) is 6.56. The van der Waals surface area contributed by atoms with Gasteiger partial charge in [-0.25, -0.2) is 0 Å². The molecule has 3 nitrogen and oxygen atoms in total. The first-order chi connectivity index (χ1) is 9.98. The fourth-order valence-electron chi connectivity index (χ4n) is 2.38. The Labute approximate surface area is 128 Å². The first-order valence-electron chi connectivity index (χ1n) is 7.07. The number of ether oxygens (including phenoxy) is 1. The van der Waals surface area contributed by atoms with Crippen molar-refractivity contribution in [3.63, 3.8) is 0 Å². The molecule has 0 radical (unpaired) electrons. The minimum absolute atomic E-state index is 0.101. The van der Waals surface area contributed by atoms with Gasteiger partial charge in [0.1, 0.15) is 0 Å². The van der Waals surface area contributed by atoms with Gasteiger partial charge in [-0.3, -0.25) is 9.53 Å². The zero-order chi connectivity index (χ0) is 17.0. The lowest BCUT2D eigenvalue weighted by Crippen LogP contribution is -2.30. The summed E-state index contributed by atoms with van der Waals surface area (Å²) >= 11 is 0. The Morgan fingerprint density at radius 1 is 1.18 bits per heavy atom. The van der Waals surface area contributed by atoms with Crippen LogP contribution in [0, 0.1) is 11.3 Å². The molecule has 0 spiro atoms. The molecule has 0 fully saturated rings. The molecule has 2 atom stereocenters. The molecule has 0 aliphatic heterocycles. The fourth-order valence-corrected chi connectivity index (χ4v) is 2.38. The van der Waals surface area contributed by atoms with Crippen LogP contribution in [0.5, 0.6) is 0 Å². The van der Waals surface area contributed by atoms with Crippen molar-refractivity contribution >= 4 is 5.91 Å². The van der Waals surface area contributed by atoms with Crippen LogP contribution in [0.1, 0.15) is 45.3 Å². The number of primary amides is 1. The van der Waals surface area contributed by atoms with Crippen LogP contribution >= 0.6 is 0 Å². The van der Waals surface area contributed by atoms with E-state index in [1.165, 1.54) is 0 Å². The van der Waals surface area contributed by atoms with Crippen molar-refractivity contribution in [3.8, 4) is 0 Å². The average Bonchev–Trinajstić information content (AvgIpc) is 2.35. The maximum Gasteiger partial charge on any atom is 0.523 e. The van der Waals surface area contributed by atoms with Gasteiger partial charge >= 0.3 is 6.36 Å². The van der Waals surface area contributed by atoms with Gasteiger partial charge in [0.15, 0.2) is 0 Å². The molecule has 2 unspecified atom stereocenters. The van der Waals surface area contributed by atoms with E-state index in [0.29, 0.717) is 12.0 Å². The molecule has 0 aliphatic rings. The molecule has 2 N–H and O–H groups in total. The molecule has 0 heterocycles. The first-order valence-corrected chi connectivity index (χ1v) is 7.07. The summed E-state index contributed by atoms with van der Waals surface area (Å²) in [5.41, 5.74) is 5.51. The standard InChI is InChI=1S/C16H22F3NO2/c1-15(2,3)10-12(14(20)21)9-13(22-16(17,18)19)11-7-5-4-6-8-11/h4-8,12-13H,9-10H2,1-3H3,(H2,20,21). The van der Waals surface area contributed by atoms with Gasteiger partial charge in [0, 0.05) is 5.92 Å². The Morgan fingerprint density at radius 2 is 1.73 bits per heavy atom. The Hall–Kier alpha value is -1.56. The third-order valence-corrected chi connectivity index (χ3v) is 3.21. The van der Waals surface area contributed by atoms with Crippen molar-refractivity contribution < 1.29 is 22.7 Å². The van der Waals surface area contributed by atoms with Crippen molar-refractivity contribution in [2.75, 3.05) is 0 Å². The van der Waals surface area contributed by atoms with Crippen LogP contribution in [0.25, 0.3) is 0 Å². The van der Waals surface area contributed by atoms with Crippen molar-refractivity contribution in [1.29, 1.82) is 0 Å². The molecular formula is C16H22F3NO2. The average molecular weight is 317 g/mol. The predicted octanol–water partition coefficient (Wildman–Crippen LogP) is 4.19. The number of carbonyl (C=O) groups excluding carboxylic acids is 1. The summed E-state index contributed by atoms with van der Waals surface area (Å²) in [5.74, 6) is -1.30. The SMILES string of the molecule is CC(C)(C)CC(CC(OC(F)(F)F)c1ccccc1)C(N)=O. The molecule has 1 rings (SSSR count). The maximum absolute atomic E-state index is 12.6. The minimum Gasteiger partial charge on any atom is -0.369 e. The molecule has 22 heavy (non-hydrogen) atoms. The first kappa shape index (κ1) is 18.5. The van der Waals surface area contributed by atoms with Gasteiger partial charge in [0.2, 0.25) is 5.91 Å². The fraction of sp³-hybridized carbons (Fsp3) is 0.562. The van der Waals surface area contributed by atoms with E-state index in [1.54, 1.807) is 30.3 Å². The summed E-state index contributed by atoms with van der Waals surface area (Å²) in [6.45, 7) is 5.72.